The van der Waals surface area contributed by atoms with Crippen molar-refractivity contribution in [1.82, 2.24) is 14.7 Å². The number of para-hydroxylation sites is 1. The summed E-state index contributed by atoms with van der Waals surface area (Å²) in [6.45, 7) is 2.43. The van der Waals surface area contributed by atoms with E-state index in [9.17, 15) is 9.59 Å². The Labute approximate surface area is 192 Å². The molecule has 0 N–H and O–H groups in total. The number of amides is 1. The fourth-order valence-electron chi connectivity index (χ4n) is 4.62. The third-order valence-electron chi connectivity index (χ3n) is 6.39. The molecular weight excluding hydrogens is 424 g/mol. The first kappa shape index (κ1) is 20.8. The number of hydrogen-bond acceptors (Lipinski definition) is 4. The Morgan fingerprint density at radius 2 is 1.72 bits per heavy atom. The molecule has 0 unspecified atom stereocenters. The first-order valence-corrected chi connectivity index (χ1v) is 11.4. The Kier molecular flexibility index (Phi) is 5.70. The van der Waals surface area contributed by atoms with Gasteiger partial charge in [-0.3, -0.25) is 9.59 Å². The quantitative estimate of drug-likeness (QED) is 0.614. The molecule has 32 heavy (non-hydrogen) atoms. The van der Waals surface area contributed by atoms with E-state index < -0.39 is 0 Å². The number of aryl methyl sites for hydroxylation is 2. The van der Waals surface area contributed by atoms with E-state index in [-0.39, 0.29) is 16.5 Å². The number of aromatic nitrogens is 2. The monoisotopic (exact) mass is 448 g/mol. The summed E-state index contributed by atoms with van der Waals surface area (Å²) in [6, 6.07) is 15.7. The second-order valence-corrected chi connectivity index (χ2v) is 8.78. The lowest BCUT2D eigenvalue weighted by molar-refractivity contribution is -0.130. The second-order valence-electron chi connectivity index (χ2n) is 8.40. The van der Waals surface area contributed by atoms with Gasteiger partial charge < -0.3 is 9.80 Å². The fourth-order valence-corrected chi connectivity index (χ4v) is 4.86. The van der Waals surface area contributed by atoms with Gasteiger partial charge in [0.25, 0.3) is 5.56 Å². The molecule has 0 atom stereocenters. The molecule has 0 radical (unpaired) electrons. The number of carbonyl (C=O) groups excluding carboxylic acids is 1. The van der Waals surface area contributed by atoms with Gasteiger partial charge in [-0.05, 0) is 48.1 Å². The Hall–Kier alpha value is -3.12. The van der Waals surface area contributed by atoms with Gasteiger partial charge in [-0.2, -0.15) is 9.78 Å². The highest BCUT2D eigenvalue weighted by Gasteiger charge is 2.24. The molecule has 2 heterocycles. The molecule has 7 heteroatoms. The van der Waals surface area contributed by atoms with Gasteiger partial charge in [0.1, 0.15) is 5.02 Å². The van der Waals surface area contributed by atoms with Crippen LogP contribution in [-0.2, 0) is 24.1 Å². The fraction of sp³-hybridized carbons (Fsp3) is 0.320. The standard InChI is InChI=1S/C25H25ClN4O2/c26-24-22(17-27-30(25(24)32)21-7-2-1-3-8-21)28-11-13-29(14-12-28)23(31)16-18-9-10-19-5-4-6-20(19)15-18/h1-3,7-10,15,17H,4-6,11-14,16H2. The van der Waals surface area contributed by atoms with Crippen molar-refractivity contribution in [2.45, 2.75) is 25.7 Å². The van der Waals surface area contributed by atoms with Crippen LogP contribution in [0.15, 0.2) is 59.5 Å². The van der Waals surface area contributed by atoms with Crippen LogP contribution in [0.4, 0.5) is 5.69 Å². The maximum atomic E-state index is 12.8. The van der Waals surface area contributed by atoms with Gasteiger partial charge in [-0.1, -0.05) is 48.0 Å². The first-order chi connectivity index (χ1) is 15.6. The highest BCUT2D eigenvalue weighted by atomic mass is 35.5. The molecule has 1 saturated heterocycles. The molecule has 5 rings (SSSR count). The van der Waals surface area contributed by atoms with Crippen LogP contribution in [0.5, 0.6) is 0 Å². The highest BCUT2D eigenvalue weighted by molar-refractivity contribution is 6.33. The molecule has 2 aliphatic rings. The van der Waals surface area contributed by atoms with E-state index in [2.05, 4.69) is 23.3 Å². The van der Waals surface area contributed by atoms with Crippen LogP contribution in [0.3, 0.4) is 0 Å². The van der Waals surface area contributed by atoms with Gasteiger partial charge in [0.2, 0.25) is 5.91 Å². The summed E-state index contributed by atoms with van der Waals surface area (Å²) in [4.78, 5) is 29.5. The summed E-state index contributed by atoms with van der Waals surface area (Å²) in [5, 5.41) is 4.47. The van der Waals surface area contributed by atoms with Crippen LogP contribution in [0, 0.1) is 0 Å². The van der Waals surface area contributed by atoms with Gasteiger partial charge in [0.15, 0.2) is 0 Å². The average Bonchev–Trinajstić information content (AvgIpc) is 3.29. The van der Waals surface area contributed by atoms with Gasteiger partial charge in [-0.25, -0.2) is 0 Å². The van der Waals surface area contributed by atoms with E-state index in [4.69, 9.17) is 11.6 Å². The number of piperazine rings is 1. The van der Waals surface area contributed by atoms with Crippen molar-refractivity contribution in [3.63, 3.8) is 0 Å². The zero-order chi connectivity index (χ0) is 22.1. The Morgan fingerprint density at radius 1 is 0.969 bits per heavy atom. The minimum absolute atomic E-state index is 0.145. The Morgan fingerprint density at radius 3 is 2.50 bits per heavy atom. The average molecular weight is 449 g/mol. The van der Waals surface area contributed by atoms with E-state index in [0.717, 1.165) is 18.4 Å². The largest absolute Gasteiger partial charge is 0.365 e. The summed E-state index contributed by atoms with van der Waals surface area (Å²) >= 11 is 6.44. The molecule has 1 aromatic heterocycles. The molecular formula is C25H25ClN4O2. The van der Waals surface area contributed by atoms with Crippen molar-refractivity contribution in [2.24, 2.45) is 0 Å². The topological polar surface area (TPSA) is 58.4 Å². The second kappa shape index (κ2) is 8.79. The number of nitrogens with zero attached hydrogens (tertiary/aromatic N) is 4. The summed E-state index contributed by atoms with van der Waals surface area (Å²) in [5.74, 6) is 0.145. The van der Waals surface area contributed by atoms with Crippen molar-refractivity contribution in [1.29, 1.82) is 0 Å². The first-order valence-electron chi connectivity index (χ1n) is 11.1. The van der Waals surface area contributed by atoms with Gasteiger partial charge in [0.05, 0.1) is 24.0 Å². The van der Waals surface area contributed by atoms with E-state index in [1.54, 1.807) is 6.20 Å². The molecule has 0 saturated carbocycles. The smallest absolute Gasteiger partial charge is 0.292 e. The van der Waals surface area contributed by atoms with Crippen LogP contribution in [0.1, 0.15) is 23.1 Å². The molecule has 0 bridgehead atoms. The lowest BCUT2D eigenvalue weighted by Gasteiger charge is -2.36. The van der Waals surface area contributed by atoms with Crippen LogP contribution in [0.2, 0.25) is 5.02 Å². The van der Waals surface area contributed by atoms with Gasteiger partial charge in [-0.15, -0.1) is 0 Å². The van der Waals surface area contributed by atoms with E-state index in [1.807, 2.05) is 40.1 Å². The predicted molar refractivity (Wildman–Crippen MR) is 126 cm³/mol. The number of halogens is 1. The Balaban J connectivity index is 1.24. The third kappa shape index (κ3) is 4.02. The maximum absolute atomic E-state index is 12.8. The molecule has 164 valence electrons. The lowest BCUT2D eigenvalue weighted by Crippen LogP contribution is -2.49. The van der Waals surface area contributed by atoms with Crippen LogP contribution >= 0.6 is 11.6 Å². The highest BCUT2D eigenvalue weighted by Crippen LogP contribution is 2.25. The van der Waals surface area contributed by atoms with E-state index in [0.29, 0.717) is 44.0 Å². The van der Waals surface area contributed by atoms with E-state index in [1.165, 1.54) is 22.2 Å². The van der Waals surface area contributed by atoms with Gasteiger partial charge >= 0.3 is 0 Å². The molecule has 1 aliphatic carbocycles. The normalized spacial score (nSPS) is 15.7. The summed E-state index contributed by atoms with van der Waals surface area (Å²) < 4.78 is 1.31. The Bertz CT molecular complexity index is 1200. The zero-order valence-electron chi connectivity index (χ0n) is 17.8. The molecule has 3 aromatic rings. The van der Waals surface area contributed by atoms with Crippen molar-refractivity contribution in [2.75, 3.05) is 31.1 Å². The van der Waals surface area contributed by atoms with Crippen molar-refractivity contribution < 1.29 is 4.79 Å². The van der Waals surface area contributed by atoms with Gasteiger partial charge in [0, 0.05) is 26.2 Å². The van der Waals surface area contributed by atoms with Crippen LogP contribution in [0.25, 0.3) is 5.69 Å². The number of fused-ring (bicyclic) bond motifs is 1. The molecule has 1 fully saturated rings. The number of benzene rings is 2. The summed E-state index contributed by atoms with van der Waals surface area (Å²) in [7, 11) is 0. The van der Waals surface area contributed by atoms with Crippen LogP contribution in [-0.4, -0.2) is 46.8 Å². The number of hydrogen-bond donors (Lipinski definition) is 0. The third-order valence-corrected chi connectivity index (χ3v) is 6.75. The summed E-state index contributed by atoms with van der Waals surface area (Å²) in [6.07, 6.45) is 5.55. The van der Waals surface area contributed by atoms with Crippen LogP contribution < -0.4 is 10.5 Å². The number of carbonyl (C=O) groups is 1. The van der Waals surface area contributed by atoms with Crippen molar-refractivity contribution >= 4 is 23.2 Å². The lowest BCUT2D eigenvalue weighted by atomic mass is 10.0. The molecule has 1 amide bonds. The maximum Gasteiger partial charge on any atom is 0.292 e. The molecule has 0 spiro atoms. The molecule has 1 aliphatic heterocycles. The SMILES string of the molecule is O=C(Cc1ccc2c(c1)CCC2)N1CCN(c2cnn(-c3ccccc3)c(=O)c2Cl)CC1. The van der Waals surface area contributed by atoms with E-state index >= 15 is 0 Å². The van der Waals surface area contributed by atoms with Crippen molar-refractivity contribution in [3.05, 3.63) is 86.8 Å². The minimum Gasteiger partial charge on any atom is -0.365 e. The summed E-state index contributed by atoms with van der Waals surface area (Å²) in [5.41, 5.74) is 4.87. The minimum atomic E-state index is -0.342. The zero-order valence-corrected chi connectivity index (χ0v) is 18.6. The predicted octanol–water partition coefficient (Wildman–Crippen LogP) is 3.27. The molecule has 2 aromatic carbocycles. The number of anilines is 1. The van der Waals surface area contributed by atoms with Crippen molar-refractivity contribution in [3.8, 4) is 5.69 Å². The molecule has 6 nitrogen and oxygen atoms in total. The number of rotatable bonds is 4.